The molecular formula is C19H18INO2. The molecule has 0 unspecified atom stereocenters. The van der Waals surface area contributed by atoms with E-state index in [1.165, 1.54) is 16.0 Å². The highest BCUT2D eigenvalue weighted by molar-refractivity contribution is 14.1. The van der Waals surface area contributed by atoms with Gasteiger partial charge in [-0.2, -0.15) is 0 Å². The lowest BCUT2D eigenvalue weighted by Crippen LogP contribution is -2.30. The molecule has 0 spiro atoms. The lowest BCUT2D eigenvalue weighted by atomic mass is 9.95. The Hall–Kier alpha value is -1.69. The lowest BCUT2D eigenvalue weighted by Gasteiger charge is -2.15. The molecule has 1 heterocycles. The average Bonchev–Trinajstić information content (AvgIpc) is 2.74. The van der Waals surface area contributed by atoms with E-state index in [4.69, 9.17) is 0 Å². The van der Waals surface area contributed by atoms with E-state index in [0.717, 1.165) is 9.13 Å². The average molecular weight is 419 g/mol. The highest BCUT2D eigenvalue weighted by Crippen LogP contribution is 2.29. The highest BCUT2D eigenvalue weighted by atomic mass is 127. The fourth-order valence-electron chi connectivity index (χ4n) is 3.19. The summed E-state index contributed by atoms with van der Waals surface area (Å²) < 4.78 is 1.08. The lowest BCUT2D eigenvalue weighted by molar-refractivity contribution is -0.122. The van der Waals surface area contributed by atoms with Crippen LogP contribution in [-0.4, -0.2) is 11.8 Å². The van der Waals surface area contributed by atoms with E-state index in [2.05, 4.69) is 54.6 Å². The van der Waals surface area contributed by atoms with Gasteiger partial charge in [-0.05, 0) is 72.7 Å². The molecule has 0 radical (unpaired) electrons. The van der Waals surface area contributed by atoms with Gasteiger partial charge in [0.05, 0.1) is 11.6 Å². The third kappa shape index (κ3) is 3.47. The molecule has 1 aliphatic heterocycles. The summed E-state index contributed by atoms with van der Waals surface area (Å²) in [5.74, 6) is -0.455. The largest absolute Gasteiger partial charge is 0.274 e. The van der Waals surface area contributed by atoms with Crippen LogP contribution in [0.1, 0.15) is 23.1 Å². The van der Waals surface area contributed by atoms with Crippen LogP contribution in [0.25, 0.3) is 0 Å². The molecule has 1 aliphatic rings. The third-order valence-corrected chi connectivity index (χ3v) is 4.81. The Morgan fingerprint density at radius 2 is 1.65 bits per heavy atom. The van der Waals surface area contributed by atoms with Gasteiger partial charge < -0.3 is 0 Å². The maximum absolute atomic E-state index is 12.7. The zero-order valence-electron chi connectivity index (χ0n) is 13.2. The number of hydrogen-bond donors (Lipinski definition) is 0. The van der Waals surface area contributed by atoms with Crippen LogP contribution in [0.15, 0.2) is 42.5 Å². The van der Waals surface area contributed by atoms with Crippen LogP contribution >= 0.6 is 22.6 Å². The van der Waals surface area contributed by atoms with Crippen LogP contribution in [0.3, 0.4) is 0 Å². The number of rotatable bonds is 3. The van der Waals surface area contributed by atoms with Crippen LogP contribution in [0.2, 0.25) is 0 Å². The van der Waals surface area contributed by atoms with Gasteiger partial charge >= 0.3 is 0 Å². The summed E-state index contributed by atoms with van der Waals surface area (Å²) in [6, 6.07) is 13.8. The molecular weight excluding hydrogens is 401 g/mol. The van der Waals surface area contributed by atoms with Gasteiger partial charge in [-0.15, -0.1) is 0 Å². The summed E-state index contributed by atoms with van der Waals surface area (Å²) in [6.45, 7) is 4.10. The number of nitrogens with zero attached hydrogens (tertiary/aromatic N) is 1. The first kappa shape index (κ1) is 16.2. The predicted octanol–water partition coefficient (Wildman–Crippen LogP) is 4.03. The fraction of sp³-hybridized carbons (Fsp3) is 0.263. The van der Waals surface area contributed by atoms with Crippen LogP contribution in [-0.2, 0) is 16.0 Å². The standard InChI is InChI=1S/C19H18INO2/c1-12-7-13(2)9-14(8-12)10-15-11-18(22)21(19(15)23)17-5-3-16(20)4-6-17/h3-9,15H,10-11H2,1-2H3/t15-/m0/s1. The molecule has 1 atom stereocenters. The van der Waals surface area contributed by atoms with E-state index in [9.17, 15) is 9.59 Å². The number of halogens is 1. The van der Waals surface area contributed by atoms with Gasteiger partial charge in [-0.25, -0.2) is 0 Å². The molecule has 3 nitrogen and oxygen atoms in total. The Morgan fingerprint density at radius 1 is 1.04 bits per heavy atom. The molecule has 0 aliphatic carbocycles. The van der Waals surface area contributed by atoms with Gasteiger partial charge in [0.25, 0.3) is 0 Å². The SMILES string of the molecule is Cc1cc(C)cc(C[C@H]2CC(=O)N(c3ccc(I)cc3)C2=O)c1. The van der Waals surface area contributed by atoms with Crippen molar-refractivity contribution in [1.29, 1.82) is 0 Å². The summed E-state index contributed by atoms with van der Waals surface area (Å²) in [4.78, 5) is 26.3. The third-order valence-electron chi connectivity index (χ3n) is 4.09. The molecule has 2 amide bonds. The number of amides is 2. The van der Waals surface area contributed by atoms with E-state index >= 15 is 0 Å². The molecule has 2 aromatic carbocycles. The van der Waals surface area contributed by atoms with Gasteiger partial charge in [0.15, 0.2) is 0 Å². The second-order valence-electron chi connectivity index (χ2n) is 6.14. The molecule has 1 saturated heterocycles. The minimum absolute atomic E-state index is 0.0876. The second kappa shape index (κ2) is 6.43. The number of aryl methyl sites for hydroxylation is 2. The number of imide groups is 1. The first-order chi connectivity index (χ1) is 10.9. The van der Waals surface area contributed by atoms with Crippen molar-refractivity contribution in [1.82, 2.24) is 0 Å². The van der Waals surface area contributed by atoms with E-state index in [0.29, 0.717) is 12.1 Å². The monoisotopic (exact) mass is 419 g/mol. The van der Waals surface area contributed by atoms with E-state index in [1.807, 2.05) is 24.3 Å². The summed E-state index contributed by atoms with van der Waals surface area (Å²) in [7, 11) is 0. The highest BCUT2D eigenvalue weighted by Gasteiger charge is 2.39. The van der Waals surface area contributed by atoms with Gasteiger partial charge in [0.2, 0.25) is 11.8 Å². The van der Waals surface area contributed by atoms with Crippen molar-refractivity contribution in [3.63, 3.8) is 0 Å². The van der Waals surface area contributed by atoms with Gasteiger partial charge in [-0.1, -0.05) is 29.3 Å². The fourth-order valence-corrected chi connectivity index (χ4v) is 3.55. The Labute approximate surface area is 149 Å². The van der Waals surface area contributed by atoms with Crippen molar-refractivity contribution in [3.05, 3.63) is 62.7 Å². The van der Waals surface area contributed by atoms with E-state index in [-0.39, 0.29) is 24.2 Å². The second-order valence-corrected chi connectivity index (χ2v) is 7.39. The maximum Gasteiger partial charge on any atom is 0.237 e. The number of carbonyl (C=O) groups is 2. The van der Waals surface area contributed by atoms with E-state index in [1.54, 1.807) is 0 Å². The van der Waals surface area contributed by atoms with Gasteiger partial charge in [0, 0.05) is 9.99 Å². The minimum atomic E-state index is -0.261. The van der Waals surface area contributed by atoms with Crippen LogP contribution in [0.4, 0.5) is 5.69 Å². The summed E-state index contributed by atoms with van der Waals surface area (Å²) in [6.07, 6.45) is 0.909. The number of carbonyl (C=O) groups excluding carboxylic acids is 2. The van der Waals surface area contributed by atoms with Crippen molar-refractivity contribution in [2.75, 3.05) is 4.90 Å². The molecule has 0 saturated carbocycles. The zero-order chi connectivity index (χ0) is 16.6. The Morgan fingerprint density at radius 3 is 2.26 bits per heavy atom. The first-order valence-corrected chi connectivity index (χ1v) is 8.71. The normalized spacial score (nSPS) is 17.9. The Bertz CT molecular complexity index is 747. The van der Waals surface area contributed by atoms with Crippen molar-refractivity contribution in [2.45, 2.75) is 26.7 Å². The van der Waals surface area contributed by atoms with Crippen molar-refractivity contribution in [2.24, 2.45) is 5.92 Å². The van der Waals surface area contributed by atoms with Crippen LogP contribution in [0, 0.1) is 23.3 Å². The smallest absolute Gasteiger partial charge is 0.237 e. The summed E-state index contributed by atoms with van der Waals surface area (Å²) in [5.41, 5.74) is 4.17. The molecule has 118 valence electrons. The summed E-state index contributed by atoms with van der Waals surface area (Å²) in [5, 5.41) is 0. The topological polar surface area (TPSA) is 37.4 Å². The first-order valence-electron chi connectivity index (χ1n) is 7.63. The van der Waals surface area contributed by atoms with Crippen LogP contribution in [0.5, 0.6) is 0 Å². The van der Waals surface area contributed by atoms with Crippen LogP contribution < -0.4 is 4.90 Å². The molecule has 3 rings (SSSR count). The summed E-state index contributed by atoms with van der Waals surface area (Å²) >= 11 is 2.21. The zero-order valence-corrected chi connectivity index (χ0v) is 15.3. The molecule has 4 heteroatoms. The maximum atomic E-state index is 12.7. The molecule has 0 bridgehead atoms. The van der Waals surface area contributed by atoms with Crippen molar-refractivity contribution in [3.8, 4) is 0 Å². The van der Waals surface area contributed by atoms with Gasteiger partial charge in [-0.3, -0.25) is 14.5 Å². The number of benzene rings is 2. The molecule has 0 aromatic heterocycles. The number of hydrogen-bond acceptors (Lipinski definition) is 2. The molecule has 1 fully saturated rings. The van der Waals surface area contributed by atoms with Crippen molar-refractivity contribution < 1.29 is 9.59 Å². The molecule has 23 heavy (non-hydrogen) atoms. The quantitative estimate of drug-likeness (QED) is 0.557. The predicted molar refractivity (Wildman–Crippen MR) is 99.4 cm³/mol. The van der Waals surface area contributed by atoms with E-state index < -0.39 is 0 Å². The van der Waals surface area contributed by atoms with Crippen molar-refractivity contribution >= 4 is 40.1 Å². The molecule has 0 N–H and O–H groups in total. The number of anilines is 1. The molecule has 2 aromatic rings. The minimum Gasteiger partial charge on any atom is -0.274 e. The Balaban J connectivity index is 1.82. The Kier molecular flexibility index (Phi) is 4.53. The van der Waals surface area contributed by atoms with Gasteiger partial charge in [0.1, 0.15) is 0 Å².